The maximum absolute atomic E-state index is 2.34. The lowest BCUT2D eigenvalue weighted by molar-refractivity contribution is -0.929. The molecule has 0 saturated heterocycles. The van der Waals surface area contributed by atoms with Crippen LogP contribution in [0.3, 0.4) is 0 Å². The minimum atomic E-state index is 0. The molecule has 0 radical (unpaired) electrons. The van der Waals surface area contributed by atoms with E-state index >= 15 is 0 Å². The Hall–Kier alpha value is -0.0800. The van der Waals surface area contributed by atoms with Crippen molar-refractivity contribution < 1.29 is 9.96 Å². The van der Waals surface area contributed by atoms with Gasteiger partial charge in [0.1, 0.15) is 0 Å². The van der Waals surface area contributed by atoms with Crippen molar-refractivity contribution in [2.45, 2.75) is 182 Å². The Morgan fingerprint density at radius 3 is 0.647 bits per heavy atom. The van der Waals surface area contributed by atoms with Gasteiger partial charge in [-0.1, -0.05) is 130 Å². The van der Waals surface area contributed by atoms with Crippen LogP contribution in [0, 0.1) is 0 Å². The van der Waals surface area contributed by atoms with Crippen LogP contribution >= 0.6 is 0 Å². The number of rotatable bonds is 28. The molecule has 0 aromatic rings. The fourth-order valence-electron chi connectivity index (χ4n) is 5.58. The standard InChI is InChI=1S/C32H68N.H2O/c1-5-9-13-17-21-25-29-33(30-26-22-18-14-10-6-2,31-27-23-19-15-11-7-3)32-28-24-20-16-12-8-4;/h5-32H2,1-4H3;1H2/q+1;. The van der Waals surface area contributed by atoms with Gasteiger partial charge in [-0.05, 0) is 51.4 Å². The van der Waals surface area contributed by atoms with E-state index in [9.17, 15) is 0 Å². The largest absolute Gasteiger partial charge is 0.412 e. The normalized spacial score (nSPS) is 11.6. The average molecular weight is 485 g/mol. The number of unbranched alkanes of at least 4 members (excludes halogenated alkanes) is 20. The van der Waals surface area contributed by atoms with Crippen LogP contribution in [-0.4, -0.2) is 36.1 Å². The van der Waals surface area contributed by atoms with Crippen LogP contribution in [0.2, 0.25) is 0 Å². The third-order valence-electron chi connectivity index (χ3n) is 7.94. The predicted molar refractivity (Wildman–Crippen MR) is 157 cm³/mol. The number of hydrogen-bond acceptors (Lipinski definition) is 0. The smallest absolute Gasteiger partial charge is 0.0786 e. The molecule has 0 rings (SSSR count). The van der Waals surface area contributed by atoms with Crippen molar-refractivity contribution in [3.05, 3.63) is 0 Å². The van der Waals surface area contributed by atoms with Crippen LogP contribution in [0.5, 0.6) is 0 Å². The van der Waals surface area contributed by atoms with E-state index < -0.39 is 0 Å². The molecule has 34 heavy (non-hydrogen) atoms. The van der Waals surface area contributed by atoms with Crippen LogP contribution in [0.4, 0.5) is 0 Å². The maximum atomic E-state index is 2.34. The molecule has 0 heterocycles. The molecule has 0 bridgehead atoms. The van der Waals surface area contributed by atoms with Crippen LogP contribution in [0.1, 0.15) is 182 Å². The Labute approximate surface area is 218 Å². The third-order valence-corrected chi connectivity index (χ3v) is 7.94. The average Bonchev–Trinajstić information content (AvgIpc) is 2.83. The fourth-order valence-corrected chi connectivity index (χ4v) is 5.58. The Bertz CT molecular complexity index is 287. The molecule has 0 saturated carbocycles. The Morgan fingerprint density at radius 1 is 0.265 bits per heavy atom. The van der Waals surface area contributed by atoms with Crippen molar-refractivity contribution in [1.82, 2.24) is 0 Å². The van der Waals surface area contributed by atoms with Crippen LogP contribution in [0.25, 0.3) is 0 Å². The number of hydrogen-bond donors (Lipinski definition) is 0. The van der Waals surface area contributed by atoms with Gasteiger partial charge in [-0.3, -0.25) is 0 Å². The van der Waals surface area contributed by atoms with Gasteiger partial charge in [0.2, 0.25) is 0 Å². The summed E-state index contributed by atoms with van der Waals surface area (Å²) in [6.45, 7) is 15.3. The summed E-state index contributed by atoms with van der Waals surface area (Å²) < 4.78 is 1.48. The third kappa shape index (κ3) is 23.7. The highest BCUT2D eigenvalue weighted by Gasteiger charge is 2.25. The Morgan fingerprint density at radius 2 is 0.441 bits per heavy atom. The summed E-state index contributed by atoms with van der Waals surface area (Å²) in [6, 6.07) is 0. The molecule has 2 heteroatoms. The number of quaternary nitrogens is 1. The van der Waals surface area contributed by atoms with Gasteiger partial charge in [0.25, 0.3) is 0 Å². The van der Waals surface area contributed by atoms with Crippen molar-refractivity contribution in [2.24, 2.45) is 0 Å². The SMILES string of the molecule is CCCCCCCC[N+](CCCCCCCC)(CCCCCCCC)CCCCCCCC.O. The summed E-state index contributed by atoms with van der Waals surface area (Å²) in [4.78, 5) is 0. The summed E-state index contributed by atoms with van der Waals surface area (Å²) >= 11 is 0. The molecule has 0 unspecified atom stereocenters. The Kier molecular flexibility index (Phi) is 30.9. The lowest BCUT2D eigenvalue weighted by Gasteiger charge is -2.40. The van der Waals surface area contributed by atoms with Crippen molar-refractivity contribution in [3.63, 3.8) is 0 Å². The zero-order valence-electron chi connectivity index (χ0n) is 24.7. The molecule has 0 aliphatic rings. The second kappa shape index (κ2) is 29.2. The minimum Gasteiger partial charge on any atom is -0.412 e. The first-order valence-electron chi connectivity index (χ1n) is 16.1. The van der Waals surface area contributed by atoms with E-state index in [-0.39, 0.29) is 5.48 Å². The topological polar surface area (TPSA) is 31.5 Å². The van der Waals surface area contributed by atoms with Gasteiger partial charge < -0.3 is 9.96 Å². The van der Waals surface area contributed by atoms with E-state index in [1.165, 1.54) is 185 Å². The van der Waals surface area contributed by atoms with Gasteiger partial charge >= 0.3 is 0 Å². The highest BCUT2D eigenvalue weighted by atomic mass is 16.0. The predicted octanol–water partition coefficient (Wildman–Crippen LogP) is 10.4. The lowest BCUT2D eigenvalue weighted by Crippen LogP contribution is -2.50. The summed E-state index contributed by atoms with van der Waals surface area (Å²) in [7, 11) is 0. The van der Waals surface area contributed by atoms with Crippen molar-refractivity contribution in [3.8, 4) is 0 Å². The fraction of sp³-hybridized carbons (Fsp3) is 1.00. The monoisotopic (exact) mass is 485 g/mol. The maximum Gasteiger partial charge on any atom is 0.0786 e. The van der Waals surface area contributed by atoms with Gasteiger partial charge in [0.15, 0.2) is 0 Å². The van der Waals surface area contributed by atoms with Crippen LogP contribution in [0.15, 0.2) is 0 Å². The molecule has 208 valence electrons. The van der Waals surface area contributed by atoms with E-state index in [4.69, 9.17) is 0 Å². The molecular formula is C32H70NO+. The molecule has 0 amide bonds. The molecule has 2 N–H and O–H groups in total. The molecule has 0 aromatic heterocycles. The van der Waals surface area contributed by atoms with E-state index in [0.717, 1.165) is 0 Å². The van der Waals surface area contributed by atoms with Gasteiger partial charge in [-0.25, -0.2) is 0 Å². The minimum absolute atomic E-state index is 0. The van der Waals surface area contributed by atoms with Crippen molar-refractivity contribution >= 4 is 0 Å². The summed E-state index contributed by atoms with van der Waals surface area (Å²) in [5, 5.41) is 0. The highest BCUT2D eigenvalue weighted by molar-refractivity contribution is 4.55. The Balaban J connectivity index is 0. The van der Waals surface area contributed by atoms with E-state index in [2.05, 4.69) is 27.7 Å². The van der Waals surface area contributed by atoms with Gasteiger partial charge in [0, 0.05) is 0 Å². The van der Waals surface area contributed by atoms with E-state index in [0.29, 0.717) is 0 Å². The van der Waals surface area contributed by atoms with Gasteiger partial charge in [0.05, 0.1) is 26.2 Å². The second-order valence-electron chi connectivity index (χ2n) is 11.3. The van der Waals surface area contributed by atoms with E-state index in [1.54, 1.807) is 0 Å². The second-order valence-corrected chi connectivity index (χ2v) is 11.3. The molecule has 2 nitrogen and oxygen atoms in total. The summed E-state index contributed by atoms with van der Waals surface area (Å²) in [5.41, 5.74) is 0. The molecule has 0 aliphatic carbocycles. The number of nitrogens with zero attached hydrogens (tertiary/aromatic N) is 1. The molecule has 0 aliphatic heterocycles. The quantitative estimate of drug-likeness (QED) is 0.0781. The molecule has 0 fully saturated rings. The molecule has 0 atom stereocenters. The molecule has 0 aromatic carbocycles. The van der Waals surface area contributed by atoms with Crippen LogP contribution < -0.4 is 0 Å². The lowest BCUT2D eigenvalue weighted by atomic mass is 10.0. The highest BCUT2D eigenvalue weighted by Crippen LogP contribution is 2.20. The van der Waals surface area contributed by atoms with Crippen molar-refractivity contribution in [1.29, 1.82) is 0 Å². The molecule has 0 spiro atoms. The zero-order valence-corrected chi connectivity index (χ0v) is 24.7. The first-order valence-corrected chi connectivity index (χ1v) is 16.1. The summed E-state index contributed by atoms with van der Waals surface area (Å²) in [6.07, 6.45) is 34.8. The van der Waals surface area contributed by atoms with Crippen LogP contribution in [-0.2, 0) is 0 Å². The summed E-state index contributed by atoms with van der Waals surface area (Å²) in [5.74, 6) is 0. The molecular weight excluding hydrogens is 414 g/mol. The zero-order chi connectivity index (χ0) is 24.3. The van der Waals surface area contributed by atoms with Gasteiger partial charge in [-0.15, -0.1) is 0 Å². The first kappa shape index (κ1) is 36.1. The van der Waals surface area contributed by atoms with E-state index in [1.807, 2.05) is 0 Å². The van der Waals surface area contributed by atoms with Crippen molar-refractivity contribution in [2.75, 3.05) is 26.2 Å². The van der Waals surface area contributed by atoms with Gasteiger partial charge in [-0.2, -0.15) is 0 Å². The first-order chi connectivity index (χ1) is 16.2.